The second-order valence-corrected chi connectivity index (χ2v) is 4.99. The number of aryl methyl sites for hydroxylation is 2. The zero-order valence-electron chi connectivity index (χ0n) is 13.2. The molecular weight excluding hydrogens is 280 g/mol. The Morgan fingerprint density at radius 1 is 1.36 bits per heavy atom. The lowest BCUT2D eigenvalue weighted by molar-refractivity contribution is 0.0643. The quantitative estimate of drug-likeness (QED) is 0.862. The number of carbonyl (C=O) groups excluding carboxylic acids is 1. The summed E-state index contributed by atoms with van der Waals surface area (Å²) in [5, 5.41) is 9.82. The lowest BCUT2D eigenvalue weighted by atomic mass is 10.1. The zero-order chi connectivity index (χ0) is 15.9. The van der Waals surface area contributed by atoms with Crippen LogP contribution in [0.25, 0.3) is 0 Å². The number of amides is 2. The van der Waals surface area contributed by atoms with Crippen LogP contribution in [0.3, 0.4) is 0 Å². The summed E-state index contributed by atoms with van der Waals surface area (Å²) in [4.78, 5) is 12.0. The number of hydrogen-bond donors (Lipinski definition) is 2. The zero-order valence-corrected chi connectivity index (χ0v) is 13.2. The van der Waals surface area contributed by atoms with Crippen LogP contribution in [0, 0.1) is 6.92 Å². The summed E-state index contributed by atoms with van der Waals surface area (Å²) in [5.74, 6) is 0. The minimum absolute atomic E-state index is 0.160. The number of nitrogens with zero attached hydrogens (tertiary/aromatic N) is 2. The van der Waals surface area contributed by atoms with E-state index in [1.165, 1.54) is 0 Å². The smallest absolute Gasteiger partial charge is 0.319 e. The van der Waals surface area contributed by atoms with Gasteiger partial charge in [-0.2, -0.15) is 5.10 Å². The molecule has 0 aliphatic rings. The first-order chi connectivity index (χ1) is 10.6. The Labute approximate surface area is 130 Å². The van der Waals surface area contributed by atoms with Crippen LogP contribution in [0.15, 0.2) is 36.5 Å². The molecule has 0 fully saturated rings. The van der Waals surface area contributed by atoms with Crippen molar-refractivity contribution in [3.05, 3.63) is 47.8 Å². The van der Waals surface area contributed by atoms with Crippen LogP contribution in [0.1, 0.15) is 24.3 Å². The van der Waals surface area contributed by atoms with Gasteiger partial charge in [0, 0.05) is 26.4 Å². The Balaban J connectivity index is 1.92. The second kappa shape index (κ2) is 7.61. The first kappa shape index (κ1) is 16.0. The molecule has 2 N–H and O–H groups in total. The lowest BCUT2D eigenvalue weighted by Gasteiger charge is -2.18. The van der Waals surface area contributed by atoms with E-state index in [2.05, 4.69) is 15.7 Å². The normalized spacial score (nSPS) is 12.0. The number of anilines is 1. The Bertz CT molecular complexity index is 610. The molecule has 118 valence electrons. The van der Waals surface area contributed by atoms with E-state index in [0.717, 1.165) is 11.3 Å². The third-order valence-corrected chi connectivity index (χ3v) is 3.25. The topological polar surface area (TPSA) is 68.2 Å². The molecule has 0 saturated carbocycles. The maximum absolute atomic E-state index is 12.0. The van der Waals surface area contributed by atoms with Gasteiger partial charge in [0.15, 0.2) is 0 Å². The van der Waals surface area contributed by atoms with Crippen molar-refractivity contribution < 1.29 is 9.53 Å². The van der Waals surface area contributed by atoms with Gasteiger partial charge >= 0.3 is 6.03 Å². The summed E-state index contributed by atoms with van der Waals surface area (Å²) < 4.78 is 7.36. The summed E-state index contributed by atoms with van der Waals surface area (Å²) in [6.07, 6.45) is 1.61. The standard InChI is InChI=1S/C16H22N4O2/c1-4-22-15(13-8-6-5-7-9-13)10-17-16(21)18-14-11-20(3)19-12(14)2/h5-9,11,15H,4,10H2,1-3H3,(H2,17,18,21)/t15-/m0/s1. The van der Waals surface area contributed by atoms with Crippen LogP contribution in [0.2, 0.25) is 0 Å². The predicted molar refractivity (Wildman–Crippen MR) is 85.8 cm³/mol. The van der Waals surface area contributed by atoms with Gasteiger partial charge in [-0.05, 0) is 19.4 Å². The van der Waals surface area contributed by atoms with Crippen molar-refractivity contribution in [1.29, 1.82) is 0 Å². The van der Waals surface area contributed by atoms with Crippen LogP contribution in [-0.4, -0.2) is 29.0 Å². The van der Waals surface area contributed by atoms with Crippen molar-refractivity contribution in [2.75, 3.05) is 18.5 Å². The number of nitrogens with one attached hydrogen (secondary N) is 2. The monoisotopic (exact) mass is 302 g/mol. The molecule has 0 saturated heterocycles. The molecule has 0 radical (unpaired) electrons. The number of carbonyl (C=O) groups is 1. The molecule has 2 aromatic rings. The predicted octanol–water partition coefficient (Wildman–Crippen LogP) is 2.63. The van der Waals surface area contributed by atoms with Crippen molar-refractivity contribution in [2.45, 2.75) is 20.0 Å². The van der Waals surface area contributed by atoms with E-state index in [-0.39, 0.29) is 12.1 Å². The van der Waals surface area contributed by atoms with Gasteiger partial charge in [-0.3, -0.25) is 4.68 Å². The SMILES string of the molecule is CCO[C@@H](CNC(=O)Nc1cn(C)nc1C)c1ccccc1. The number of hydrogen-bond acceptors (Lipinski definition) is 3. The van der Waals surface area contributed by atoms with Gasteiger partial charge in [0.05, 0.1) is 17.5 Å². The molecule has 6 nitrogen and oxygen atoms in total. The van der Waals surface area contributed by atoms with Crippen molar-refractivity contribution in [3.63, 3.8) is 0 Å². The van der Waals surface area contributed by atoms with Crippen LogP contribution in [-0.2, 0) is 11.8 Å². The molecule has 2 amide bonds. The highest BCUT2D eigenvalue weighted by Gasteiger charge is 2.13. The highest BCUT2D eigenvalue weighted by Crippen LogP contribution is 2.16. The van der Waals surface area contributed by atoms with Gasteiger partial charge in [0.1, 0.15) is 0 Å². The molecule has 0 unspecified atom stereocenters. The van der Waals surface area contributed by atoms with Gasteiger partial charge in [-0.15, -0.1) is 0 Å². The summed E-state index contributed by atoms with van der Waals surface area (Å²) in [7, 11) is 1.82. The van der Waals surface area contributed by atoms with Crippen LogP contribution in [0.5, 0.6) is 0 Å². The van der Waals surface area contributed by atoms with Crippen molar-refractivity contribution in [1.82, 2.24) is 15.1 Å². The molecule has 0 bridgehead atoms. The average molecular weight is 302 g/mol. The third kappa shape index (κ3) is 4.33. The largest absolute Gasteiger partial charge is 0.372 e. The van der Waals surface area contributed by atoms with E-state index >= 15 is 0 Å². The van der Waals surface area contributed by atoms with Crippen molar-refractivity contribution in [3.8, 4) is 0 Å². The molecule has 0 aliphatic heterocycles. The number of aromatic nitrogens is 2. The minimum Gasteiger partial charge on any atom is -0.372 e. The van der Waals surface area contributed by atoms with E-state index in [9.17, 15) is 4.79 Å². The molecule has 0 aliphatic carbocycles. The molecule has 1 aromatic carbocycles. The van der Waals surface area contributed by atoms with Gasteiger partial charge in [-0.25, -0.2) is 4.79 Å². The fourth-order valence-corrected chi connectivity index (χ4v) is 2.22. The molecule has 6 heteroatoms. The molecule has 1 aromatic heterocycles. The van der Waals surface area contributed by atoms with Crippen molar-refractivity contribution in [2.24, 2.45) is 7.05 Å². The second-order valence-electron chi connectivity index (χ2n) is 4.99. The average Bonchev–Trinajstić information content (AvgIpc) is 2.82. The Kier molecular flexibility index (Phi) is 5.55. The first-order valence-electron chi connectivity index (χ1n) is 7.31. The van der Waals surface area contributed by atoms with Gasteiger partial charge in [0.2, 0.25) is 0 Å². The Morgan fingerprint density at radius 2 is 2.09 bits per heavy atom. The molecule has 1 heterocycles. The summed E-state index contributed by atoms with van der Waals surface area (Å²) in [6, 6.07) is 9.59. The fraction of sp³-hybridized carbons (Fsp3) is 0.375. The maximum atomic E-state index is 12.0. The number of rotatable bonds is 6. The Morgan fingerprint density at radius 3 is 2.68 bits per heavy atom. The highest BCUT2D eigenvalue weighted by atomic mass is 16.5. The van der Waals surface area contributed by atoms with Crippen LogP contribution in [0.4, 0.5) is 10.5 Å². The van der Waals surface area contributed by atoms with Gasteiger partial charge in [0.25, 0.3) is 0 Å². The molecule has 2 rings (SSSR count). The van der Waals surface area contributed by atoms with E-state index in [0.29, 0.717) is 18.8 Å². The summed E-state index contributed by atoms with van der Waals surface area (Å²) >= 11 is 0. The molecule has 0 spiro atoms. The first-order valence-corrected chi connectivity index (χ1v) is 7.31. The lowest BCUT2D eigenvalue weighted by Crippen LogP contribution is -2.33. The van der Waals surface area contributed by atoms with E-state index < -0.39 is 0 Å². The van der Waals surface area contributed by atoms with Crippen LogP contribution >= 0.6 is 0 Å². The van der Waals surface area contributed by atoms with Gasteiger partial charge in [-0.1, -0.05) is 30.3 Å². The maximum Gasteiger partial charge on any atom is 0.319 e. The van der Waals surface area contributed by atoms with E-state index in [1.54, 1.807) is 10.9 Å². The fourth-order valence-electron chi connectivity index (χ4n) is 2.22. The van der Waals surface area contributed by atoms with E-state index in [4.69, 9.17) is 4.74 Å². The Hall–Kier alpha value is -2.34. The molecule has 22 heavy (non-hydrogen) atoms. The number of benzene rings is 1. The summed E-state index contributed by atoms with van der Waals surface area (Å²) in [5.41, 5.74) is 2.52. The van der Waals surface area contributed by atoms with Crippen molar-refractivity contribution >= 4 is 11.7 Å². The minimum atomic E-state index is -0.267. The van der Waals surface area contributed by atoms with Gasteiger partial charge < -0.3 is 15.4 Å². The third-order valence-electron chi connectivity index (χ3n) is 3.25. The summed E-state index contributed by atoms with van der Waals surface area (Å²) in [6.45, 7) is 4.78. The highest BCUT2D eigenvalue weighted by molar-refractivity contribution is 5.89. The van der Waals surface area contributed by atoms with E-state index in [1.807, 2.05) is 51.2 Å². The molecule has 1 atom stereocenters. The number of urea groups is 1. The van der Waals surface area contributed by atoms with Crippen LogP contribution < -0.4 is 10.6 Å². The molecular formula is C16H22N4O2. The number of ether oxygens (including phenoxy) is 1.